The maximum atomic E-state index is 13.2. The fourth-order valence-corrected chi connectivity index (χ4v) is 7.81. The molecular weight excluding hydrogens is 596 g/mol. The summed E-state index contributed by atoms with van der Waals surface area (Å²) in [5.41, 5.74) is 1.29. The number of sulfone groups is 1. The van der Waals surface area contributed by atoms with E-state index in [1.807, 2.05) is 28.7 Å². The number of nitrogens with zero attached hydrogens (tertiary/aromatic N) is 2. The minimum atomic E-state index is -3.94. The molecule has 4 aromatic rings. The Morgan fingerprint density at radius 2 is 1.93 bits per heavy atom. The summed E-state index contributed by atoms with van der Waals surface area (Å²) in [6.07, 6.45) is 3.90. The molecule has 3 aromatic carbocycles. The van der Waals surface area contributed by atoms with Crippen LogP contribution >= 0.6 is 23.1 Å². The second-order valence-corrected chi connectivity index (χ2v) is 13.7. The molecule has 0 saturated carbocycles. The first kappa shape index (κ1) is 28.4. The van der Waals surface area contributed by atoms with E-state index in [1.54, 1.807) is 18.3 Å². The highest BCUT2D eigenvalue weighted by molar-refractivity contribution is 7.91. The number of hydrogen-bond donors (Lipinski definition) is 2. The Morgan fingerprint density at radius 3 is 2.74 bits per heavy atom. The molecule has 6 rings (SSSR count). The minimum absolute atomic E-state index is 0.0586. The molecule has 0 bridgehead atoms. The highest BCUT2D eigenvalue weighted by Crippen LogP contribution is 2.34. The van der Waals surface area contributed by atoms with E-state index in [0.717, 1.165) is 47.1 Å². The van der Waals surface area contributed by atoms with Crippen LogP contribution in [0.15, 0.2) is 82.7 Å². The molecule has 0 radical (unpaired) electrons. The fraction of sp³-hybridized carbons (Fsp3) is 0.233. The smallest absolute Gasteiger partial charge is 0.257 e. The monoisotopic (exact) mass is 622 g/mol. The molecule has 12 heteroatoms. The lowest BCUT2D eigenvalue weighted by atomic mass is 10.0. The zero-order valence-electron chi connectivity index (χ0n) is 22.4. The van der Waals surface area contributed by atoms with Crippen molar-refractivity contribution in [1.29, 1.82) is 0 Å². The van der Waals surface area contributed by atoms with Crippen molar-refractivity contribution in [2.75, 3.05) is 25.0 Å². The summed E-state index contributed by atoms with van der Waals surface area (Å²) in [7, 11) is -3.94. The number of hydrogen-bond acceptors (Lipinski definition) is 8. The van der Waals surface area contributed by atoms with Gasteiger partial charge in [0.1, 0.15) is 10.8 Å². The van der Waals surface area contributed by atoms with E-state index < -0.39 is 21.7 Å². The van der Waals surface area contributed by atoms with Crippen LogP contribution in [0.3, 0.4) is 0 Å². The SMILES string of the molecule is O=C(NCc1cnc(-c2ccc(OCC3CCCN(Cl)C3)cc2)s1)c1ccc2c(c1)NC(=O)c1ccccc1S2(=O)=O. The van der Waals surface area contributed by atoms with E-state index in [0.29, 0.717) is 12.5 Å². The zero-order chi connectivity index (χ0) is 29.3. The van der Waals surface area contributed by atoms with E-state index >= 15 is 0 Å². The van der Waals surface area contributed by atoms with Crippen LogP contribution in [0.2, 0.25) is 0 Å². The van der Waals surface area contributed by atoms with Gasteiger partial charge in [-0.3, -0.25) is 9.59 Å². The van der Waals surface area contributed by atoms with Crippen molar-refractivity contribution in [2.45, 2.75) is 29.2 Å². The van der Waals surface area contributed by atoms with E-state index in [1.165, 1.54) is 41.7 Å². The number of aromatic nitrogens is 1. The lowest BCUT2D eigenvalue weighted by Crippen LogP contribution is -2.31. The predicted octanol–water partition coefficient (Wildman–Crippen LogP) is 5.38. The van der Waals surface area contributed by atoms with E-state index in [9.17, 15) is 18.0 Å². The fourth-order valence-electron chi connectivity index (χ4n) is 5.05. The van der Waals surface area contributed by atoms with Gasteiger partial charge in [0.2, 0.25) is 9.84 Å². The first-order chi connectivity index (χ1) is 20.3. The molecule has 0 aliphatic carbocycles. The largest absolute Gasteiger partial charge is 0.493 e. The third-order valence-electron chi connectivity index (χ3n) is 7.23. The number of halogens is 1. The molecule has 0 spiro atoms. The minimum Gasteiger partial charge on any atom is -0.493 e. The highest BCUT2D eigenvalue weighted by Gasteiger charge is 2.31. The third kappa shape index (κ3) is 5.91. The van der Waals surface area contributed by atoms with Gasteiger partial charge < -0.3 is 15.4 Å². The van der Waals surface area contributed by atoms with Crippen molar-refractivity contribution in [3.63, 3.8) is 0 Å². The summed E-state index contributed by atoms with van der Waals surface area (Å²) in [5.74, 6) is 0.262. The van der Waals surface area contributed by atoms with Gasteiger partial charge in [0.25, 0.3) is 11.8 Å². The van der Waals surface area contributed by atoms with Crippen LogP contribution in [-0.2, 0) is 16.4 Å². The van der Waals surface area contributed by atoms with Crippen molar-refractivity contribution in [2.24, 2.45) is 5.92 Å². The van der Waals surface area contributed by atoms with Gasteiger partial charge >= 0.3 is 0 Å². The average Bonchev–Trinajstić information content (AvgIpc) is 3.45. The molecule has 1 unspecified atom stereocenters. The Balaban J connectivity index is 1.08. The number of nitrogens with one attached hydrogen (secondary N) is 2. The first-order valence-electron chi connectivity index (χ1n) is 13.4. The van der Waals surface area contributed by atoms with Gasteiger partial charge in [0.05, 0.1) is 34.2 Å². The second kappa shape index (κ2) is 11.8. The topological polar surface area (TPSA) is 118 Å². The van der Waals surface area contributed by atoms with E-state index in [2.05, 4.69) is 15.6 Å². The molecule has 9 nitrogen and oxygen atoms in total. The predicted molar refractivity (Wildman–Crippen MR) is 161 cm³/mol. The molecule has 2 N–H and O–H groups in total. The maximum absolute atomic E-state index is 13.2. The van der Waals surface area contributed by atoms with Crippen LogP contribution < -0.4 is 15.4 Å². The van der Waals surface area contributed by atoms with E-state index in [-0.39, 0.29) is 33.2 Å². The molecule has 1 aromatic heterocycles. The average molecular weight is 623 g/mol. The summed E-state index contributed by atoms with van der Waals surface area (Å²) in [6, 6.07) is 18.0. The normalized spacial score (nSPS) is 17.8. The quantitative estimate of drug-likeness (QED) is 0.266. The molecule has 1 fully saturated rings. The lowest BCUT2D eigenvalue weighted by molar-refractivity contribution is 0.0949. The molecule has 2 aliphatic heterocycles. The number of ether oxygens (including phenoxy) is 1. The summed E-state index contributed by atoms with van der Waals surface area (Å²) in [5, 5.41) is 6.29. The van der Waals surface area contributed by atoms with Gasteiger partial charge in [-0.25, -0.2) is 17.8 Å². The molecule has 2 amide bonds. The Morgan fingerprint density at radius 1 is 1.12 bits per heavy atom. The Labute approximate surface area is 252 Å². The number of anilines is 1. The van der Waals surface area contributed by atoms with Crippen LogP contribution in [0.4, 0.5) is 5.69 Å². The van der Waals surface area contributed by atoms with E-state index in [4.69, 9.17) is 16.5 Å². The number of carbonyl (C=O) groups excluding carboxylic acids is 2. The number of piperidine rings is 1. The highest BCUT2D eigenvalue weighted by atomic mass is 35.5. The summed E-state index contributed by atoms with van der Waals surface area (Å²) in [6.45, 7) is 2.62. The van der Waals surface area contributed by atoms with Crippen molar-refractivity contribution in [3.05, 3.63) is 88.9 Å². The number of amides is 2. The number of carbonyl (C=O) groups is 2. The van der Waals surface area contributed by atoms with Crippen LogP contribution in [0.25, 0.3) is 10.6 Å². The Bertz CT molecular complexity index is 1760. The number of benzene rings is 3. The standard InChI is InChI=1S/C30H27ClN4O5S2/c31-35-13-3-4-19(17-35)18-40-22-10-7-20(8-11-22)30-33-16-23(41-30)15-32-28(36)21-9-12-27-25(14-21)34-29(37)24-5-1-2-6-26(24)42(27,38)39/h1-2,5-12,14,16,19H,3-4,13,15,17-18H2,(H,32,36)(H,34,37). The summed E-state index contributed by atoms with van der Waals surface area (Å²) in [4.78, 5) is 30.9. The van der Waals surface area contributed by atoms with Crippen LogP contribution in [0, 0.1) is 5.92 Å². The molecule has 42 heavy (non-hydrogen) atoms. The Hall–Kier alpha value is -3.77. The van der Waals surface area contributed by atoms with Gasteiger partial charge in [-0.05, 0) is 79.2 Å². The van der Waals surface area contributed by atoms with Crippen molar-refractivity contribution in [1.82, 2.24) is 14.7 Å². The summed E-state index contributed by atoms with van der Waals surface area (Å²) >= 11 is 7.59. The number of thiazole rings is 1. The number of rotatable bonds is 7. The zero-order valence-corrected chi connectivity index (χ0v) is 24.8. The molecular formula is C30H27ClN4O5S2. The maximum Gasteiger partial charge on any atom is 0.257 e. The summed E-state index contributed by atoms with van der Waals surface area (Å²) < 4.78 is 34.2. The lowest BCUT2D eigenvalue weighted by Gasteiger charge is -2.27. The molecule has 216 valence electrons. The van der Waals surface area contributed by atoms with Gasteiger partial charge in [0.15, 0.2) is 0 Å². The van der Waals surface area contributed by atoms with Crippen LogP contribution in [-0.4, -0.2) is 49.3 Å². The van der Waals surface area contributed by atoms with Gasteiger partial charge in [-0.1, -0.05) is 12.1 Å². The third-order valence-corrected chi connectivity index (χ3v) is 10.5. The molecule has 3 heterocycles. The van der Waals surface area contributed by atoms with Gasteiger partial charge in [-0.15, -0.1) is 11.3 Å². The second-order valence-electron chi connectivity index (χ2n) is 10.2. The molecule has 1 atom stereocenters. The number of fused-ring (bicyclic) bond motifs is 2. The van der Waals surface area contributed by atoms with Gasteiger partial charge in [0, 0.05) is 41.2 Å². The molecule has 2 aliphatic rings. The van der Waals surface area contributed by atoms with Crippen LogP contribution in [0.5, 0.6) is 5.75 Å². The first-order valence-corrected chi connectivity index (χ1v) is 16.1. The molecule has 1 saturated heterocycles. The Kier molecular flexibility index (Phi) is 8.00. The van der Waals surface area contributed by atoms with Crippen molar-refractivity contribution >= 4 is 50.5 Å². The van der Waals surface area contributed by atoms with Gasteiger partial charge in [-0.2, -0.15) is 0 Å². The van der Waals surface area contributed by atoms with Crippen LogP contribution in [0.1, 0.15) is 38.4 Å². The van der Waals surface area contributed by atoms with Crippen molar-refractivity contribution < 1.29 is 22.7 Å². The van der Waals surface area contributed by atoms with Crippen molar-refractivity contribution in [3.8, 4) is 16.3 Å².